The summed E-state index contributed by atoms with van der Waals surface area (Å²) in [7, 11) is 0. The summed E-state index contributed by atoms with van der Waals surface area (Å²) < 4.78 is 1.83. The van der Waals surface area contributed by atoms with Crippen molar-refractivity contribution in [3.8, 4) is 11.8 Å². The first-order chi connectivity index (χ1) is 17.1. The number of carbonyl (C=O) groups is 2. The number of hydrogen-bond acceptors (Lipinski definition) is 4. The highest BCUT2D eigenvalue weighted by Crippen LogP contribution is 2.58. The van der Waals surface area contributed by atoms with Gasteiger partial charge in [0.2, 0.25) is 0 Å². The van der Waals surface area contributed by atoms with E-state index in [0.29, 0.717) is 24.9 Å². The van der Waals surface area contributed by atoms with Crippen molar-refractivity contribution in [2.24, 2.45) is 11.3 Å². The lowest BCUT2D eigenvalue weighted by atomic mass is 9.50. The molecule has 2 aromatic carbocycles. The lowest BCUT2D eigenvalue weighted by Crippen LogP contribution is -2.57. The van der Waals surface area contributed by atoms with E-state index in [-0.39, 0.29) is 23.3 Å². The molecule has 3 N–H and O–H groups in total. The monoisotopic (exact) mass is 485 g/mol. The number of carboxylic acid groups (broad SMARTS) is 1. The van der Waals surface area contributed by atoms with Crippen LogP contribution in [0.5, 0.6) is 0 Å². The molecule has 2 saturated carbocycles. The van der Waals surface area contributed by atoms with Gasteiger partial charge in [0.1, 0.15) is 0 Å². The van der Waals surface area contributed by atoms with Crippen LogP contribution < -0.4 is 5.32 Å². The molecule has 0 bridgehead atoms. The van der Waals surface area contributed by atoms with Crippen LogP contribution >= 0.6 is 0 Å². The second-order valence-corrected chi connectivity index (χ2v) is 10.9. The van der Waals surface area contributed by atoms with E-state index in [0.717, 1.165) is 40.4 Å². The zero-order chi connectivity index (χ0) is 25.7. The maximum Gasteiger partial charge on any atom is 0.306 e. The maximum atomic E-state index is 13.4. The van der Waals surface area contributed by atoms with Gasteiger partial charge in [0.05, 0.1) is 35.3 Å². The topological polar surface area (TPSA) is 104 Å². The third-order valence-electron chi connectivity index (χ3n) is 7.70. The average molecular weight is 486 g/mol. The highest BCUT2D eigenvalue weighted by Gasteiger charge is 2.55. The molecule has 1 heterocycles. The number of nitrogens with zero attached hydrogens (tertiary/aromatic N) is 2. The van der Waals surface area contributed by atoms with Gasteiger partial charge in [-0.15, -0.1) is 5.92 Å². The molecule has 0 atom stereocenters. The Morgan fingerprint density at radius 2 is 1.83 bits per heavy atom. The fraction of sp³-hybridized carbons (Fsp3) is 0.414. The molecule has 7 nitrogen and oxygen atoms in total. The summed E-state index contributed by atoms with van der Waals surface area (Å²) in [6.07, 6.45) is 4.84. The van der Waals surface area contributed by atoms with E-state index >= 15 is 0 Å². The van der Waals surface area contributed by atoms with Crippen LogP contribution in [-0.2, 0) is 16.9 Å². The average Bonchev–Trinajstić information content (AvgIpc) is 3.18. The normalized spacial score (nSPS) is 22.9. The number of hydrogen-bond donors (Lipinski definition) is 3. The molecule has 1 spiro atoms. The summed E-state index contributed by atoms with van der Waals surface area (Å²) in [6.45, 7) is 5.76. The number of aliphatic hydroxyl groups is 1. The van der Waals surface area contributed by atoms with Crippen molar-refractivity contribution < 1.29 is 19.8 Å². The van der Waals surface area contributed by atoms with Crippen LogP contribution in [0.25, 0.3) is 10.9 Å². The Morgan fingerprint density at radius 3 is 2.44 bits per heavy atom. The Balaban J connectivity index is 1.38. The van der Waals surface area contributed by atoms with Gasteiger partial charge < -0.3 is 15.5 Å². The molecule has 3 aromatic rings. The first kappa shape index (κ1) is 24.1. The molecule has 1 amide bonds. The Labute approximate surface area is 210 Å². The molecule has 2 aliphatic carbocycles. The van der Waals surface area contributed by atoms with E-state index < -0.39 is 11.6 Å². The molecule has 2 fully saturated rings. The van der Waals surface area contributed by atoms with E-state index in [4.69, 9.17) is 5.11 Å². The van der Waals surface area contributed by atoms with Crippen LogP contribution in [0.3, 0.4) is 0 Å². The summed E-state index contributed by atoms with van der Waals surface area (Å²) in [5, 5.41) is 28.0. The first-order valence-corrected chi connectivity index (χ1v) is 12.4. The quantitative estimate of drug-likeness (QED) is 0.457. The van der Waals surface area contributed by atoms with Crippen molar-refractivity contribution in [3.63, 3.8) is 0 Å². The van der Waals surface area contributed by atoms with Gasteiger partial charge >= 0.3 is 5.97 Å². The van der Waals surface area contributed by atoms with Crippen molar-refractivity contribution in [3.05, 3.63) is 64.8 Å². The van der Waals surface area contributed by atoms with Gasteiger partial charge in [-0.05, 0) is 75.1 Å². The first-order valence-electron chi connectivity index (χ1n) is 12.4. The molecule has 1 aromatic heterocycles. The number of amides is 1. The van der Waals surface area contributed by atoms with Crippen LogP contribution in [0, 0.1) is 23.2 Å². The van der Waals surface area contributed by atoms with E-state index in [1.165, 1.54) is 0 Å². The van der Waals surface area contributed by atoms with Gasteiger partial charge in [-0.3, -0.25) is 14.3 Å². The number of carbonyl (C=O) groups excluding carboxylic acids is 1. The number of aliphatic carboxylic acids is 1. The molecule has 5 rings (SSSR count). The Hall–Kier alpha value is -3.63. The predicted molar refractivity (Wildman–Crippen MR) is 136 cm³/mol. The third-order valence-corrected chi connectivity index (χ3v) is 7.70. The number of fused-ring (bicyclic) bond motifs is 1. The van der Waals surface area contributed by atoms with Gasteiger partial charge in [-0.25, -0.2) is 0 Å². The third kappa shape index (κ3) is 4.38. The van der Waals surface area contributed by atoms with Crippen molar-refractivity contribution >= 4 is 22.8 Å². The second kappa shape index (κ2) is 8.79. The molecule has 36 heavy (non-hydrogen) atoms. The number of rotatable bonds is 6. The summed E-state index contributed by atoms with van der Waals surface area (Å²) in [6, 6.07) is 11.5. The zero-order valence-electron chi connectivity index (χ0n) is 20.8. The van der Waals surface area contributed by atoms with Crippen LogP contribution in [0.4, 0.5) is 0 Å². The molecular weight excluding hydrogens is 454 g/mol. The number of nitrogens with one attached hydrogen (secondary N) is 1. The molecule has 0 radical (unpaired) electrons. The van der Waals surface area contributed by atoms with Gasteiger partial charge in [0.15, 0.2) is 0 Å². The van der Waals surface area contributed by atoms with E-state index in [9.17, 15) is 14.7 Å². The highest BCUT2D eigenvalue weighted by atomic mass is 16.4. The molecule has 2 aliphatic rings. The molecule has 0 aliphatic heterocycles. The minimum Gasteiger partial charge on any atom is -0.481 e. The number of carboxylic acids is 1. The maximum absolute atomic E-state index is 13.4. The lowest BCUT2D eigenvalue weighted by molar-refractivity contribution is -0.155. The van der Waals surface area contributed by atoms with Crippen molar-refractivity contribution in [2.75, 3.05) is 0 Å². The Kier molecular flexibility index (Phi) is 5.88. The van der Waals surface area contributed by atoms with Gasteiger partial charge in [0.25, 0.3) is 5.91 Å². The predicted octanol–water partition coefficient (Wildman–Crippen LogP) is 4.06. The second-order valence-electron chi connectivity index (χ2n) is 10.9. The molecule has 0 saturated heterocycles. The van der Waals surface area contributed by atoms with Crippen molar-refractivity contribution in [2.45, 2.75) is 64.6 Å². The summed E-state index contributed by atoms with van der Waals surface area (Å²) in [4.78, 5) is 24.5. The SMILES string of the molecule is CC#Cc1ccc(C(=O)NC2CC3(C2)CC(C(=O)O)C3)c2c1cnn2Cc1ccc(C(C)(C)O)cc1. The molecule has 7 heteroatoms. The fourth-order valence-electron chi connectivity index (χ4n) is 5.78. The smallest absolute Gasteiger partial charge is 0.306 e. The van der Waals surface area contributed by atoms with Crippen LogP contribution in [0.15, 0.2) is 42.6 Å². The molecular formula is C29H31N3O4. The summed E-state index contributed by atoms with van der Waals surface area (Å²) in [5.74, 6) is 4.95. The molecule has 186 valence electrons. The van der Waals surface area contributed by atoms with Crippen molar-refractivity contribution in [1.82, 2.24) is 15.1 Å². The van der Waals surface area contributed by atoms with E-state index in [1.807, 2.05) is 41.1 Å². The number of aromatic nitrogens is 2. The number of benzene rings is 2. The molecule has 0 unspecified atom stereocenters. The van der Waals surface area contributed by atoms with Gasteiger partial charge in [-0.2, -0.15) is 5.10 Å². The van der Waals surface area contributed by atoms with Crippen LogP contribution in [-0.4, -0.2) is 37.9 Å². The van der Waals surface area contributed by atoms with Gasteiger partial charge in [-0.1, -0.05) is 30.2 Å². The van der Waals surface area contributed by atoms with Gasteiger partial charge in [0, 0.05) is 17.0 Å². The fourth-order valence-corrected chi connectivity index (χ4v) is 5.78. The van der Waals surface area contributed by atoms with Crippen molar-refractivity contribution in [1.29, 1.82) is 0 Å². The zero-order valence-corrected chi connectivity index (χ0v) is 20.8. The minimum absolute atomic E-state index is 0.0585. The van der Waals surface area contributed by atoms with Crippen LogP contribution in [0.1, 0.15) is 73.5 Å². The lowest BCUT2D eigenvalue weighted by Gasteiger charge is -2.56. The standard InChI is InChI=1S/C29H31N3O4/c1-4-5-19-8-11-23(26(33)31-22-14-29(15-22)12-20(13-29)27(34)35)25-24(19)16-30-32(25)17-18-6-9-21(10-7-18)28(2,3)36/h6-11,16,20,22,36H,12-15,17H2,1-3H3,(H,31,33)(H,34,35). The van der Waals surface area contributed by atoms with Crippen LogP contribution in [0.2, 0.25) is 0 Å². The minimum atomic E-state index is -0.913. The van der Waals surface area contributed by atoms with E-state index in [1.54, 1.807) is 27.0 Å². The summed E-state index contributed by atoms with van der Waals surface area (Å²) >= 11 is 0. The largest absolute Gasteiger partial charge is 0.481 e. The Bertz CT molecular complexity index is 1390. The van der Waals surface area contributed by atoms with E-state index in [2.05, 4.69) is 22.3 Å². The summed E-state index contributed by atoms with van der Waals surface area (Å²) in [5.41, 5.74) is 3.13. The highest BCUT2D eigenvalue weighted by molar-refractivity contribution is 6.07. The Morgan fingerprint density at radius 1 is 1.14 bits per heavy atom.